The fourth-order valence-electron chi connectivity index (χ4n) is 6.34. The second kappa shape index (κ2) is 4.70. The highest BCUT2D eigenvalue weighted by atomic mass is 16.3. The maximum atomic E-state index is 10.5. The fourth-order valence-corrected chi connectivity index (χ4v) is 6.34. The molecule has 122 valence electrons. The van der Waals surface area contributed by atoms with E-state index in [4.69, 9.17) is 0 Å². The molecular weight excluding hydrogens is 272 g/mol. The van der Waals surface area contributed by atoms with Gasteiger partial charge in [-0.2, -0.15) is 0 Å². The maximum Gasteiger partial charge on any atom is 0.0724 e. The fraction of sp³-hybridized carbons (Fsp3) is 0.800. The van der Waals surface area contributed by atoms with E-state index in [0.29, 0.717) is 17.8 Å². The van der Waals surface area contributed by atoms with Crippen molar-refractivity contribution < 1.29 is 10.2 Å². The van der Waals surface area contributed by atoms with Gasteiger partial charge in [-0.25, -0.2) is 0 Å². The van der Waals surface area contributed by atoms with Gasteiger partial charge in [-0.3, -0.25) is 0 Å². The minimum atomic E-state index is -0.255. The van der Waals surface area contributed by atoms with Crippen molar-refractivity contribution >= 4 is 0 Å². The molecule has 1 fully saturated rings. The molecule has 4 unspecified atom stereocenters. The van der Waals surface area contributed by atoms with Gasteiger partial charge in [-0.15, -0.1) is 0 Å². The molecule has 0 heterocycles. The average Bonchev–Trinajstić information content (AvgIpc) is 2.77. The van der Waals surface area contributed by atoms with Gasteiger partial charge in [0.2, 0.25) is 0 Å². The lowest BCUT2D eigenvalue weighted by Crippen LogP contribution is -2.46. The highest BCUT2D eigenvalue weighted by molar-refractivity contribution is 5.39. The lowest BCUT2D eigenvalue weighted by molar-refractivity contribution is 0.0219. The third-order valence-corrected chi connectivity index (χ3v) is 7.78. The van der Waals surface area contributed by atoms with Crippen LogP contribution in [0.5, 0.6) is 0 Å². The Balaban J connectivity index is 1.83. The van der Waals surface area contributed by atoms with Crippen molar-refractivity contribution in [3.63, 3.8) is 0 Å². The topological polar surface area (TPSA) is 40.5 Å². The summed E-state index contributed by atoms with van der Waals surface area (Å²) in [4.78, 5) is 0. The second-order valence-corrected chi connectivity index (χ2v) is 8.86. The van der Waals surface area contributed by atoms with Gasteiger partial charge in [0.15, 0.2) is 0 Å². The zero-order valence-corrected chi connectivity index (χ0v) is 14.2. The number of allylic oxidation sites excluding steroid dienone is 3. The molecule has 4 aliphatic rings. The number of aliphatic hydroxyl groups excluding tert-OH is 2. The largest absolute Gasteiger partial charge is 0.393 e. The van der Waals surface area contributed by atoms with Crippen LogP contribution in [0.25, 0.3) is 0 Å². The average molecular weight is 302 g/mol. The van der Waals surface area contributed by atoms with Crippen molar-refractivity contribution in [3.05, 3.63) is 23.3 Å². The zero-order valence-electron chi connectivity index (χ0n) is 14.2. The van der Waals surface area contributed by atoms with Gasteiger partial charge in [0.1, 0.15) is 0 Å². The van der Waals surface area contributed by atoms with E-state index < -0.39 is 0 Å². The Morgan fingerprint density at radius 1 is 1.14 bits per heavy atom. The maximum absolute atomic E-state index is 10.5. The highest BCUT2D eigenvalue weighted by Gasteiger charge is 2.55. The van der Waals surface area contributed by atoms with Crippen molar-refractivity contribution in [2.45, 2.75) is 71.5 Å². The summed E-state index contributed by atoms with van der Waals surface area (Å²) in [5.74, 6) is 1.78. The van der Waals surface area contributed by atoms with Crippen molar-refractivity contribution in [1.29, 1.82) is 0 Å². The molecule has 0 aromatic heterocycles. The van der Waals surface area contributed by atoms with Gasteiger partial charge < -0.3 is 10.2 Å². The molecular formula is C20H30O2. The molecule has 0 saturated heterocycles. The first-order chi connectivity index (χ1) is 10.4. The summed E-state index contributed by atoms with van der Waals surface area (Å²) >= 11 is 0. The quantitative estimate of drug-likeness (QED) is 0.668. The van der Waals surface area contributed by atoms with Crippen LogP contribution in [0.4, 0.5) is 0 Å². The molecule has 0 radical (unpaired) electrons. The summed E-state index contributed by atoms with van der Waals surface area (Å²) in [6, 6.07) is 0. The monoisotopic (exact) mass is 302 g/mol. The minimum absolute atomic E-state index is 0.105. The van der Waals surface area contributed by atoms with Crippen LogP contribution >= 0.6 is 0 Å². The third-order valence-electron chi connectivity index (χ3n) is 7.78. The normalized spacial score (nSPS) is 54.0. The van der Waals surface area contributed by atoms with Crippen LogP contribution in [-0.4, -0.2) is 22.4 Å². The highest BCUT2D eigenvalue weighted by Crippen LogP contribution is 2.63. The Labute approximate surface area is 134 Å². The summed E-state index contributed by atoms with van der Waals surface area (Å²) in [5, 5.41) is 20.6. The van der Waals surface area contributed by atoms with Crippen LogP contribution in [-0.2, 0) is 0 Å². The van der Waals surface area contributed by atoms with Gasteiger partial charge in [-0.05, 0) is 56.3 Å². The second-order valence-electron chi connectivity index (χ2n) is 8.86. The number of hydrogen-bond acceptors (Lipinski definition) is 2. The van der Waals surface area contributed by atoms with Crippen LogP contribution < -0.4 is 0 Å². The third kappa shape index (κ3) is 1.80. The standard InChI is InChI=1S/C20H30O2/c1-12-10-13-11-14(21)6-8-19(13,2)16-7-9-20(3)15(18(12)16)4-5-17(20)22/h6,8,12-15,17,21-22H,4-5,7,9-11H2,1-3H3/t12?,13?,14?,15-,17?,19-,20-/m0/s1. The van der Waals surface area contributed by atoms with E-state index in [1.54, 1.807) is 11.1 Å². The number of aliphatic hydroxyl groups is 2. The van der Waals surface area contributed by atoms with Crippen LogP contribution in [0.15, 0.2) is 23.3 Å². The van der Waals surface area contributed by atoms with Crippen molar-refractivity contribution in [1.82, 2.24) is 0 Å². The first kappa shape index (κ1) is 15.0. The summed E-state index contributed by atoms with van der Waals surface area (Å²) in [5.41, 5.74) is 3.60. The lowest BCUT2D eigenvalue weighted by atomic mass is 9.51. The molecule has 0 spiro atoms. The summed E-state index contributed by atoms with van der Waals surface area (Å²) in [6.07, 6.45) is 10.5. The lowest BCUT2D eigenvalue weighted by Gasteiger charge is -2.54. The zero-order chi connectivity index (χ0) is 15.7. The molecule has 0 aliphatic heterocycles. The smallest absolute Gasteiger partial charge is 0.0724 e. The van der Waals surface area contributed by atoms with Crippen molar-refractivity contribution in [3.8, 4) is 0 Å². The summed E-state index contributed by atoms with van der Waals surface area (Å²) < 4.78 is 0. The van der Waals surface area contributed by atoms with E-state index in [-0.39, 0.29) is 23.0 Å². The van der Waals surface area contributed by atoms with E-state index in [1.807, 2.05) is 6.08 Å². The molecule has 0 bridgehead atoms. The van der Waals surface area contributed by atoms with E-state index in [9.17, 15) is 10.2 Å². The van der Waals surface area contributed by atoms with Crippen LogP contribution in [0.2, 0.25) is 0 Å². The van der Waals surface area contributed by atoms with Gasteiger partial charge in [0.05, 0.1) is 12.2 Å². The first-order valence-electron chi connectivity index (χ1n) is 9.15. The summed E-state index contributed by atoms with van der Waals surface area (Å²) in [6.45, 7) is 7.10. The van der Waals surface area contributed by atoms with E-state index >= 15 is 0 Å². The molecule has 4 aliphatic carbocycles. The number of hydrogen-bond donors (Lipinski definition) is 2. The van der Waals surface area contributed by atoms with Crippen LogP contribution in [0.1, 0.15) is 59.3 Å². The Morgan fingerprint density at radius 2 is 1.91 bits per heavy atom. The van der Waals surface area contributed by atoms with Crippen LogP contribution in [0.3, 0.4) is 0 Å². The van der Waals surface area contributed by atoms with Crippen molar-refractivity contribution in [2.24, 2.45) is 28.6 Å². The number of rotatable bonds is 0. The summed E-state index contributed by atoms with van der Waals surface area (Å²) in [7, 11) is 0. The Morgan fingerprint density at radius 3 is 2.68 bits per heavy atom. The Kier molecular flexibility index (Phi) is 3.20. The van der Waals surface area contributed by atoms with E-state index in [2.05, 4.69) is 26.8 Å². The molecule has 7 atom stereocenters. The first-order valence-corrected chi connectivity index (χ1v) is 9.15. The molecule has 2 nitrogen and oxygen atoms in total. The number of fused-ring (bicyclic) bond motifs is 4. The predicted molar refractivity (Wildman–Crippen MR) is 88.2 cm³/mol. The molecule has 4 rings (SSSR count). The van der Waals surface area contributed by atoms with Gasteiger partial charge in [-0.1, -0.05) is 44.1 Å². The molecule has 2 N–H and O–H groups in total. The SMILES string of the molecule is CC1CC2CC(O)C=C[C@]2(C)C2=C1[C@@H]1CCC(O)[C@@]1(C)CC2. The molecule has 1 saturated carbocycles. The molecule has 0 amide bonds. The minimum Gasteiger partial charge on any atom is -0.393 e. The van der Waals surface area contributed by atoms with E-state index in [0.717, 1.165) is 32.1 Å². The molecule has 0 aromatic rings. The molecule has 2 heteroatoms. The van der Waals surface area contributed by atoms with Gasteiger partial charge in [0.25, 0.3) is 0 Å². The van der Waals surface area contributed by atoms with Gasteiger partial charge >= 0.3 is 0 Å². The molecule has 0 aromatic carbocycles. The molecule has 22 heavy (non-hydrogen) atoms. The van der Waals surface area contributed by atoms with Crippen LogP contribution in [0, 0.1) is 28.6 Å². The van der Waals surface area contributed by atoms with Gasteiger partial charge in [0, 0.05) is 10.8 Å². The van der Waals surface area contributed by atoms with Crippen molar-refractivity contribution in [2.75, 3.05) is 0 Å². The Hall–Kier alpha value is -0.600. The van der Waals surface area contributed by atoms with E-state index in [1.165, 1.54) is 6.42 Å². The predicted octanol–water partition coefficient (Wildman–Crippen LogP) is 3.84. The Bertz CT molecular complexity index is 548.